The third-order valence-corrected chi connectivity index (χ3v) is 6.63. The van der Waals surface area contributed by atoms with Gasteiger partial charge in [-0.15, -0.1) is 0 Å². The second-order valence-electron chi connectivity index (χ2n) is 8.41. The maximum absolute atomic E-state index is 14.7. The maximum atomic E-state index is 14.7. The fourth-order valence-corrected chi connectivity index (χ4v) is 4.90. The Morgan fingerprint density at radius 2 is 1.41 bits per heavy atom. The Morgan fingerprint density at radius 1 is 0.852 bits per heavy atom. The molecule has 1 nitrogen and oxygen atoms in total. The van der Waals surface area contributed by atoms with Crippen LogP contribution in [0.15, 0.2) is 30.3 Å². The summed E-state index contributed by atoms with van der Waals surface area (Å²) < 4.78 is 63.4. The van der Waals surface area contributed by atoms with E-state index < -0.39 is 23.7 Å². The Morgan fingerprint density at radius 3 is 1.93 bits per heavy atom. The third-order valence-electron chi connectivity index (χ3n) is 6.63. The van der Waals surface area contributed by atoms with Crippen molar-refractivity contribution in [1.82, 2.24) is 0 Å². The summed E-state index contributed by atoms with van der Waals surface area (Å²) in [6.07, 6.45) is 2.04. The molecule has 0 aliphatic heterocycles. The zero-order chi connectivity index (χ0) is 19.5. The number of hydrogen-bond donors (Lipinski definition) is 0. The first-order chi connectivity index (χ1) is 12.8. The molecule has 2 aliphatic carbocycles. The molecule has 2 fully saturated rings. The van der Waals surface area contributed by atoms with Crippen molar-refractivity contribution in [2.24, 2.45) is 23.7 Å². The largest absolute Gasteiger partial charge is 0.376 e. The van der Waals surface area contributed by atoms with Gasteiger partial charge < -0.3 is 4.74 Å². The average molecular weight is 386 g/mol. The van der Waals surface area contributed by atoms with Gasteiger partial charge in [0.2, 0.25) is 0 Å². The summed E-state index contributed by atoms with van der Waals surface area (Å²) in [5.41, 5.74) is 0.962. The second-order valence-corrected chi connectivity index (χ2v) is 8.41. The highest BCUT2D eigenvalue weighted by molar-refractivity contribution is 5.13. The maximum Gasteiger partial charge on any atom is 0.253 e. The Labute approximate surface area is 159 Å². The molecule has 1 aromatic carbocycles. The van der Waals surface area contributed by atoms with Gasteiger partial charge in [-0.05, 0) is 49.5 Å². The summed E-state index contributed by atoms with van der Waals surface area (Å²) >= 11 is 0. The van der Waals surface area contributed by atoms with Crippen LogP contribution in [0.1, 0.15) is 57.4 Å². The Balaban J connectivity index is 1.51. The highest BCUT2D eigenvalue weighted by atomic mass is 19.3. The number of rotatable bonds is 6. The fraction of sp³-hybridized carbons (Fsp3) is 0.727. The van der Waals surface area contributed by atoms with Crippen LogP contribution >= 0.6 is 0 Å². The highest BCUT2D eigenvalue weighted by Gasteiger charge is 2.51. The van der Waals surface area contributed by atoms with E-state index in [9.17, 15) is 17.6 Å². The minimum Gasteiger partial charge on any atom is -0.376 e. The van der Waals surface area contributed by atoms with E-state index in [0.29, 0.717) is 38.7 Å². The van der Waals surface area contributed by atoms with Crippen molar-refractivity contribution in [3.63, 3.8) is 0 Å². The molecule has 0 saturated heterocycles. The Kier molecular flexibility index (Phi) is 6.50. The fourth-order valence-electron chi connectivity index (χ4n) is 4.90. The summed E-state index contributed by atoms with van der Waals surface area (Å²) in [6.45, 7) is 2.13. The zero-order valence-electron chi connectivity index (χ0n) is 16.0. The van der Waals surface area contributed by atoms with Gasteiger partial charge in [0.05, 0.1) is 13.2 Å². The van der Waals surface area contributed by atoms with E-state index in [4.69, 9.17) is 4.74 Å². The van der Waals surface area contributed by atoms with Crippen molar-refractivity contribution in [2.75, 3.05) is 6.61 Å². The number of benzene rings is 1. The minimum atomic E-state index is -2.84. The first-order valence-corrected chi connectivity index (χ1v) is 10.2. The molecule has 4 unspecified atom stereocenters. The van der Waals surface area contributed by atoms with Gasteiger partial charge in [-0.1, -0.05) is 37.3 Å². The smallest absolute Gasteiger partial charge is 0.253 e. The van der Waals surface area contributed by atoms with Crippen LogP contribution in [0.25, 0.3) is 0 Å². The van der Waals surface area contributed by atoms with E-state index in [0.717, 1.165) is 5.56 Å². The molecule has 0 N–H and O–H groups in total. The van der Waals surface area contributed by atoms with Gasteiger partial charge in [0, 0.05) is 24.7 Å². The van der Waals surface area contributed by atoms with Gasteiger partial charge in [-0.2, -0.15) is 0 Å². The highest BCUT2D eigenvalue weighted by Crippen LogP contribution is 2.51. The molecule has 0 amide bonds. The van der Waals surface area contributed by atoms with Crippen LogP contribution in [0, 0.1) is 23.7 Å². The summed E-state index contributed by atoms with van der Waals surface area (Å²) in [6, 6.07) is 9.49. The van der Waals surface area contributed by atoms with Crippen molar-refractivity contribution >= 4 is 0 Å². The van der Waals surface area contributed by atoms with E-state index >= 15 is 0 Å². The first-order valence-electron chi connectivity index (χ1n) is 10.2. The van der Waals surface area contributed by atoms with E-state index in [1.165, 1.54) is 0 Å². The molecule has 2 saturated carbocycles. The lowest BCUT2D eigenvalue weighted by Gasteiger charge is -2.43. The van der Waals surface area contributed by atoms with Crippen molar-refractivity contribution in [2.45, 2.75) is 70.3 Å². The van der Waals surface area contributed by atoms with Crippen molar-refractivity contribution in [1.29, 1.82) is 0 Å². The molecule has 152 valence electrons. The molecule has 3 rings (SSSR count). The van der Waals surface area contributed by atoms with Gasteiger partial charge in [-0.3, -0.25) is 0 Å². The molecule has 1 aromatic rings. The Hall–Kier alpha value is -1.10. The number of hydrogen-bond acceptors (Lipinski definition) is 1. The van der Waals surface area contributed by atoms with Crippen LogP contribution in [0.4, 0.5) is 17.6 Å². The summed E-state index contributed by atoms with van der Waals surface area (Å²) in [5.74, 6) is -7.52. The number of ether oxygens (including phenoxy) is 1. The summed E-state index contributed by atoms with van der Waals surface area (Å²) in [4.78, 5) is 0. The molecule has 4 atom stereocenters. The lowest BCUT2D eigenvalue weighted by Crippen LogP contribution is -2.44. The molecule has 0 heterocycles. The summed E-state index contributed by atoms with van der Waals surface area (Å²) in [5, 5.41) is 0. The predicted molar refractivity (Wildman–Crippen MR) is 97.9 cm³/mol. The van der Waals surface area contributed by atoms with Crippen LogP contribution in [0.5, 0.6) is 0 Å². The van der Waals surface area contributed by atoms with E-state index in [-0.39, 0.29) is 31.3 Å². The molecule has 0 bridgehead atoms. The minimum absolute atomic E-state index is 0.0212. The lowest BCUT2D eigenvalue weighted by molar-refractivity contribution is -0.152. The van der Waals surface area contributed by atoms with Gasteiger partial charge in [0.1, 0.15) is 0 Å². The molecule has 0 aromatic heterocycles. The number of alkyl halides is 4. The van der Waals surface area contributed by atoms with Gasteiger partial charge in [-0.25, -0.2) is 17.6 Å². The normalized spacial score (nSPS) is 32.9. The molecular weight excluding hydrogens is 356 g/mol. The lowest BCUT2D eigenvalue weighted by atomic mass is 9.66. The van der Waals surface area contributed by atoms with Crippen LogP contribution < -0.4 is 0 Å². The van der Waals surface area contributed by atoms with Gasteiger partial charge in [0.15, 0.2) is 0 Å². The molecule has 2 aliphatic rings. The summed E-state index contributed by atoms with van der Waals surface area (Å²) in [7, 11) is 0. The van der Waals surface area contributed by atoms with Crippen molar-refractivity contribution in [3.8, 4) is 0 Å². The molecular formula is C22H30F4O. The molecule has 0 spiro atoms. The first kappa shape index (κ1) is 20.6. The average Bonchev–Trinajstić information content (AvgIpc) is 2.62. The molecule has 5 heteroatoms. The zero-order valence-corrected chi connectivity index (χ0v) is 16.0. The van der Waals surface area contributed by atoms with E-state index in [2.05, 4.69) is 0 Å². The van der Waals surface area contributed by atoms with Crippen molar-refractivity contribution in [3.05, 3.63) is 35.9 Å². The van der Waals surface area contributed by atoms with Crippen LogP contribution in [0.3, 0.4) is 0 Å². The van der Waals surface area contributed by atoms with E-state index in [1.54, 1.807) is 6.92 Å². The van der Waals surface area contributed by atoms with Crippen LogP contribution in [-0.4, -0.2) is 18.5 Å². The van der Waals surface area contributed by atoms with Gasteiger partial charge >= 0.3 is 0 Å². The van der Waals surface area contributed by atoms with Crippen molar-refractivity contribution < 1.29 is 22.3 Å². The second kappa shape index (κ2) is 8.50. The monoisotopic (exact) mass is 386 g/mol. The SMILES string of the molecule is CCC1CCC(C2CCC(COCc3ccccc3)C(F)(F)C2)CC1(F)F. The number of halogens is 4. The molecule has 0 radical (unpaired) electrons. The quantitative estimate of drug-likeness (QED) is 0.493. The van der Waals surface area contributed by atoms with E-state index in [1.807, 2.05) is 30.3 Å². The predicted octanol–water partition coefficient (Wildman–Crippen LogP) is 6.72. The van der Waals surface area contributed by atoms with Crippen LogP contribution in [-0.2, 0) is 11.3 Å². The third kappa shape index (κ3) is 5.04. The van der Waals surface area contributed by atoms with Gasteiger partial charge in [0.25, 0.3) is 11.8 Å². The molecule has 27 heavy (non-hydrogen) atoms. The van der Waals surface area contributed by atoms with Crippen LogP contribution in [0.2, 0.25) is 0 Å². The standard InChI is InChI=1S/C22H30F4O/c1-2-19-10-8-17(12-21(19,23)24)18-9-11-20(22(25,26)13-18)15-27-14-16-6-4-3-5-7-16/h3-7,17-20H,2,8-15H2,1H3. The Bertz CT molecular complexity index is 589. The topological polar surface area (TPSA) is 9.23 Å².